The standard InChI is InChI=1S/C25H29N3O6/c1-3-26-25(31)34-20-11-12-28(16-23(29)27(2)19-8-5-4-7-18(19)20)24(30)17-9-10-21-22(15-17)33-14-6-13-32-21/h4-5,7-10,15,20H,3,6,11-14,16H2,1-2H3,(H,26,31). The van der Waals surface area contributed by atoms with Gasteiger partial charge in [-0.25, -0.2) is 4.79 Å². The molecule has 2 aliphatic rings. The molecule has 9 nitrogen and oxygen atoms in total. The Bertz CT molecular complexity index is 1070. The minimum atomic E-state index is -0.629. The summed E-state index contributed by atoms with van der Waals surface area (Å²) in [5.74, 6) is 0.565. The molecule has 4 rings (SSSR count). The van der Waals surface area contributed by atoms with Crippen molar-refractivity contribution in [2.75, 3.05) is 44.8 Å². The Morgan fingerprint density at radius 3 is 2.68 bits per heavy atom. The third-order valence-corrected chi connectivity index (χ3v) is 5.86. The molecule has 2 aliphatic heterocycles. The van der Waals surface area contributed by atoms with Crippen molar-refractivity contribution in [2.24, 2.45) is 0 Å². The average Bonchev–Trinajstić information content (AvgIpc) is 3.07. The van der Waals surface area contributed by atoms with Crippen molar-refractivity contribution in [2.45, 2.75) is 25.9 Å². The first kappa shape index (κ1) is 23.4. The van der Waals surface area contributed by atoms with Gasteiger partial charge in [0.1, 0.15) is 12.6 Å². The maximum Gasteiger partial charge on any atom is 0.407 e. The van der Waals surface area contributed by atoms with Crippen LogP contribution in [0.5, 0.6) is 11.5 Å². The third kappa shape index (κ3) is 5.08. The summed E-state index contributed by atoms with van der Waals surface area (Å²) in [7, 11) is 1.66. The van der Waals surface area contributed by atoms with Gasteiger partial charge in [-0.15, -0.1) is 0 Å². The Morgan fingerprint density at radius 1 is 1.12 bits per heavy atom. The molecule has 0 aliphatic carbocycles. The topological polar surface area (TPSA) is 97.4 Å². The zero-order valence-corrected chi connectivity index (χ0v) is 19.4. The minimum absolute atomic E-state index is 0.105. The van der Waals surface area contributed by atoms with E-state index in [1.54, 1.807) is 32.2 Å². The van der Waals surface area contributed by atoms with Crippen LogP contribution < -0.4 is 19.7 Å². The van der Waals surface area contributed by atoms with E-state index in [1.165, 1.54) is 9.80 Å². The summed E-state index contributed by atoms with van der Waals surface area (Å²) in [4.78, 5) is 41.8. The second kappa shape index (κ2) is 10.5. The van der Waals surface area contributed by atoms with Crippen LogP contribution in [0.3, 0.4) is 0 Å². The van der Waals surface area contributed by atoms with Crippen LogP contribution in [-0.2, 0) is 9.53 Å². The normalized spacial score (nSPS) is 18.1. The van der Waals surface area contributed by atoms with E-state index in [4.69, 9.17) is 14.2 Å². The number of ether oxygens (including phenoxy) is 3. The van der Waals surface area contributed by atoms with Gasteiger partial charge in [0.2, 0.25) is 5.91 Å². The number of hydrogen-bond donors (Lipinski definition) is 1. The number of carbonyl (C=O) groups is 3. The maximum absolute atomic E-state index is 13.4. The molecule has 0 bridgehead atoms. The van der Waals surface area contributed by atoms with Gasteiger partial charge in [0.15, 0.2) is 11.5 Å². The van der Waals surface area contributed by atoms with Gasteiger partial charge in [-0.3, -0.25) is 9.59 Å². The minimum Gasteiger partial charge on any atom is -0.490 e. The summed E-state index contributed by atoms with van der Waals surface area (Å²) < 4.78 is 17.1. The monoisotopic (exact) mass is 467 g/mol. The summed E-state index contributed by atoms with van der Waals surface area (Å²) >= 11 is 0. The lowest BCUT2D eigenvalue weighted by molar-refractivity contribution is -0.119. The number of para-hydroxylation sites is 1. The molecular formula is C25H29N3O6. The van der Waals surface area contributed by atoms with E-state index in [0.717, 1.165) is 12.0 Å². The molecule has 0 saturated carbocycles. The van der Waals surface area contributed by atoms with Crippen molar-refractivity contribution >= 4 is 23.6 Å². The predicted octanol–water partition coefficient (Wildman–Crippen LogP) is 3.14. The summed E-state index contributed by atoms with van der Waals surface area (Å²) in [5.41, 5.74) is 1.76. The Kier molecular flexibility index (Phi) is 7.20. The lowest BCUT2D eigenvalue weighted by atomic mass is 10.0. The Hall–Kier alpha value is -3.75. The molecule has 9 heteroatoms. The van der Waals surface area contributed by atoms with E-state index >= 15 is 0 Å². The molecule has 0 aromatic heterocycles. The highest BCUT2D eigenvalue weighted by Gasteiger charge is 2.30. The number of likely N-dealkylation sites (N-methyl/N-ethyl adjacent to an activating group) is 1. The van der Waals surface area contributed by atoms with Gasteiger partial charge in [0.25, 0.3) is 5.91 Å². The molecule has 0 radical (unpaired) electrons. The fourth-order valence-corrected chi connectivity index (χ4v) is 4.07. The predicted molar refractivity (Wildman–Crippen MR) is 125 cm³/mol. The number of alkyl carbamates (subject to hydrolysis) is 1. The zero-order chi connectivity index (χ0) is 24.1. The third-order valence-electron chi connectivity index (χ3n) is 5.86. The number of anilines is 1. The number of benzene rings is 2. The van der Waals surface area contributed by atoms with Crippen molar-refractivity contribution in [3.05, 3.63) is 53.6 Å². The number of hydrogen-bond acceptors (Lipinski definition) is 6. The van der Waals surface area contributed by atoms with Gasteiger partial charge < -0.3 is 29.3 Å². The van der Waals surface area contributed by atoms with Crippen molar-refractivity contribution in [1.29, 1.82) is 0 Å². The second-order valence-corrected chi connectivity index (χ2v) is 8.16. The fraction of sp³-hybridized carbons (Fsp3) is 0.400. The number of amides is 3. The van der Waals surface area contributed by atoms with E-state index in [0.29, 0.717) is 48.9 Å². The van der Waals surface area contributed by atoms with Crippen LogP contribution in [0.1, 0.15) is 41.8 Å². The van der Waals surface area contributed by atoms with Crippen molar-refractivity contribution in [3.63, 3.8) is 0 Å². The Morgan fingerprint density at radius 2 is 1.88 bits per heavy atom. The SMILES string of the molecule is CCNC(=O)OC1CCN(C(=O)c2ccc3c(c2)OCCCO3)CC(=O)N(C)c2ccccc21. The molecule has 1 unspecified atom stereocenters. The number of carbonyl (C=O) groups excluding carboxylic acids is 3. The summed E-state index contributed by atoms with van der Waals surface area (Å²) in [6.45, 7) is 3.42. The second-order valence-electron chi connectivity index (χ2n) is 8.16. The molecule has 1 atom stereocenters. The number of nitrogens with one attached hydrogen (secondary N) is 1. The van der Waals surface area contributed by atoms with Gasteiger partial charge >= 0.3 is 6.09 Å². The van der Waals surface area contributed by atoms with Crippen molar-refractivity contribution < 1.29 is 28.6 Å². The highest BCUT2D eigenvalue weighted by Crippen LogP contribution is 2.33. The van der Waals surface area contributed by atoms with Crippen molar-refractivity contribution in [3.8, 4) is 11.5 Å². The van der Waals surface area contributed by atoms with E-state index in [1.807, 2.05) is 24.3 Å². The smallest absolute Gasteiger partial charge is 0.407 e. The van der Waals surface area contributed by atoms with E-state index in [-0.39, 0.29) is 24.9 Å². The maximum atomic E-state index is 13.4. The molecule has 0 saturated heterocycles. The molecule has 0 spiro atoms. The summed E-state index contributed by atoms with van der Waals surface area (Å²) in [5, 5.41) is 2.64. The molecular weight excluding hydrogens is 438 g/mol. The van der Waals surface area contributed by atoms with E-state index in [9.17, 15) is 14.4 Å². The van der Waals surface area contributed by atoms with Crippen LogP contribution in [0.2, 0.25) is 0 Å². The van der Waals surface area contributed by atoms with Crippen molar-refractivity contribution in [1.82, 2.24) is 10.2 Å². The molecule has 2 heterocycles. The van der Waals surface area contributed by atoms with Crippen LogP contribution >= 0.6 is 0 Å². The van der Waals surface area contributed by atoms with Gasteiger partial charge in [0, 0.05) is 44.1 Å². The van der Waals surface area contributed by atoms with Gasteiger partial charge in [-0.05, 0) is 31.2 Å². The summed E-state index contributed by atoms with van der Waals surface area (Å²) in [6, 6.07) is 12.4. The fourth-order valence-electron chi connectivity index (χ4n) is 4.07. The van der Waals surface area contributed by atoms with Crippen LogP contribution in [0.25, 0.3) is 0 Å². The highest BCUT2D eigenvalue weighted by molar-refractivity contribution is 6.01. The largest absolute Gasteiger partial charge is 0.490 e. The molecule has 0 fully saturated rings. The number of rotatable bonds is 3. The van der Waals surface area contributed by atoms with Gasteiger partial charge in [0.05, 0.1) is 18.9 Å². The Balaban J connectivity index is 1.62. The molecule has 34 heavy (non-hydrogen) atoms. The first-order chi connectivity index (χ1) is 16.5. The number of fused-ring (bicyclic) bond motifs is 2. The van der Waals surface area contributed by atoms with Crippen LogP contribution in [-0.4, -0.2) is 62.7 Å². The van der Waals surface area contributed by atoms with Crippen LogP contribution in [0, 0.1) is 0 Å². The lowest BCUT2D eigenvalue weighted by Gasteiger charge is -2.24. The molecule has 2 aromatic rings. The quantitative estimate of drug-likeness (QED) is 0.745. The molecule has 2 aromatic carbocycles. The first-order valence-electron chi connectivity index (χ1n) is 11.5. The summed E-state index contributed by atoms with van der Waals surface area (Å²) in [6.07, 6.45) is -0.0733. The van der Waals surface area contributed by atoms with E-state index in [2.05, 4.69) is 5.32 Å². The molecule has 1 N–H and O–H groups in total. The molecule has 180 valence electrons. The average molecular weight is 468 g/mol. The number of nitrogens with zero attached hydrogens (tertiary/aromatic N) is 2. The van der Waals surface area contributed by atoms with Gasteiger partial charge in [-0.1, -0.05) is 18.2 Å². The van der Waals surface area contributed by atoms with Crippen LogP contribution in [0.15, 0.2) is 42.5 Å². The van der Waals surface area contributed by atoms with Crippen LogP contribution in [0.4, 0.5) is 10.5 Å². The molecule has 3 amide bonds. The van der Waals surface area contributed by atoms with E-state index < -0.39 is 12.2 Å². The highest BCUT2D eigenvalue weighted by atomic mass is 16.6. The Labute approximate surface area is 198 Å². The zero-order valence-electron chi connectivity index (χ0n) is 19.4. The lowest BCUT2D eigenvalue weighted by Crippen LogP contribution is -2.41. The van der Waals surface area contributed by atoms with Gasteiger partial charge in [-0.2, -0.15) is 0 Å². The first-order valence-corrected chi connectivity index (χ1v) is 11.5.